The zero-order valence-electron chi connectivity index (χ0n) is 11.7. The van der Waals surface area contributed by atoms with Crippen molar-refractivity contribution < 1.29 is 13.9 Å². The molecule has 1 aliphatic rings. The average molecular weight is 281 g/mol. The van der Waals surface area contributed by atoms with Crippen molar-refractivity contribution in [1.82, 2.24) is 0 Å². The molecule has 1 aliphatic heterocycles. The minimum absolute atomic E-state index is 0.335. The fraction of sp³-hybridized carbons (Fsp3) is 0.176. The van der Waals surface area contributed by atoms with Crippen LogP contribution in [0.4, 0.5) is 0 Å². The lowest BCUT2D eigenvalue weighted by Gasteiger charge is -2.23. The van der Waals surface area contributed by atoms with Crippen LogP contribution in [0.3, 0.4) is 0 Å². The molecule has 0 amide bonds. The van der Waals surface area contributed by atoms with Gasteiger partial charge in [0.1, 0.15) is 5.76 Å². The second kappa shape index (κ2) is 5.05. The Hall–Kier alpha value is -2.62. The smallest absolute Gasteiger partial charge is 0.341 e. The summed E-state index contributed by atoms with van der Waals surface area (Å²) in [5.74, 6) is 0.202. The van der Waals surface area contributed by atoms with Gasteiger partial charge in [-0.25, -0.2) is 9.79 Å². The highest BCUT2D eigenvalue weighted by Gasteiger charge is 2.48. The first-order valence-electron chi connectivity index (χ1n) is 6.68. The van der Waals surface area contributed by atoms with Crippen LogP contribution < -0.4 is 0 Å². The fourth-order valence-corrected chi connectivity index (χ4v) is 2.46. The molecule has 0 saturated carbocycles. The van der Waals surface area contributed by atoms with Crippen molar-refractivity contribution in [1.29, 1.82) is 0 Å². The van der Waals surface area contributed by atoms with Gasteiger partial charge in [-0.2, -0.15) is 0 Å². The highest BCUT2D eigenvalue weighted by Crippen LogP contribution is 2.38. The molecule has 2 atom stereocenters. The van der Waals surface area contributed by atoms with Gasteiger partial charge in [0.25, 0.3) is 0 Å². The Morgan fingerprint density at radius 3 is 2.62 bits per heavy atom. The van der Waals surface area contributed by atoms with Gasteiger partial charge in [-0.15, -0.1) is 6.58 Å². The Bertz CT molecular complexity index is 688. The third-order valence-electron chi connectivity index (χ3n) is 3.65. The summed E-state index contributed by atoms with van der Waals surface area (Å²) in [6.45, 7) is 5.54. The van der Waals surface area contributed by atoms with Crippen molar-refractivity contribution >= 4 is 11.9 Å². The van der Waals surface area contributed by atoms with Crippen LogP contribution in [-0.4, -0.2) is 17.4 Å². The van der Waals surface area contributed by atoms with E-state index in [9.17, 15) is 4.79 Å². The molecule has 0 spiro atoms. The van der Waals surface area contributed by atoms with E-state index in [0.717, 1.165) is 5.56 Å². The molecule has 0 N–H and O–H groups in total. The lowest BCUT2D eigenvalue weighted by molar-refractivity contribution is -0.139. The molecule has 2 heterocycles. The number of rotatable bonds is 4. The zero-order chi connectivity index (χ0) is 14.9. The number of furan rings is 1. The van der Waals surface area contributed by atoms with E-state index in [4.69, 9.17) is 9.15 Å². The number of aliphatic imine (C=N–C) groups is 1. The molecule has 0 aliphatic carbocycles. The van der Waals surface area contributed by atoms with Gasteiger partial charge >= 0.3 is 5.97 Å². The molecule has 3 rings (SSSR count). The van der Waals surface area contributed by atoms with E-state index in [2.05, 4.69) is 11.6 Å². The van der Waals surface area contributed by atoms with Gasteiger partial charge in [0.15, 0.2) is 5.54 Å². The highest BCUT2D eigenvalue weighted by molar-refractivity contribution is 6.08. The second-order valence-electron chi connectivity index (χ2n) is 5.05. The molecular weight excluding hydrogens is 266 g/mol. The van der Waals surface area contributed by atoms with E-state index in [1.165, 1.54) is 0 Å². The van der Waals surface area contributed by atoms with Crippen molar-refractivity contribution in [3.05, 3.63) is 72.7 Å². The number of hydrogen-bond acceptors (Lipinski definition) is 4. The van der Waals surface area contributed by atoms with Gasteiger partial charge < -0.3 is 9.15 Å². The predicted molar refractivity (Wildman–Crippen MR) is 79.1 cm³/mol. The number of ether oxygens (including phenoxy) is 1. The lowest BCUT2D eigenvalue weighted by Crippen LogP contribution is -2.36. The second-order valence-corrected chi connectivity index (χ2v) is 5.05. The van der Waals surface area contributed by atoms with Crippen LogP contribution in [0.5, 0.6) is 0 Å². The van der Waals surface area contributed by atoms with Gasteiger partial charge in [-0.05, 0) is 31.2 Å². The molecular formula is C17H15NO3. The largest absolute Gasteiger partial charge is 0.469 e. The summed E-state index contributed by atoms with van der Waals surface area (Å²) in [6.07, 6.45) is 3.23. The number of carbonyl (C=O) groups excluding carboxylic acids is 1. The summed E-state index contributed by atoms with van der Waals surface area (Å²) in [5, 5.41) is 0. The summed E-state index contributed by atoms with van der Waals surface area (Å²) >= 11 is 0. The molecule has 1 aromatic carbocycles. The minimum Gasteiger partial charge on any atom is -0.469 e. The lowest BCUT2D eigenvalue weighted by atomic mass is 9.84. The van der Waals surface area contributed by atoms with Gasteiger partial charge in [-0.3, -0.25) is 0 Å². The molecule has 4 nitrogen and oxygen atoms in total. The van der Waals surface area contributed by atoms with Crippen molar-refractivity contribution in [2.75, 3.05) is 0 Å². The van der Waals surface area contributed by atoms with Crippen LogP contribution in [0.1, 0.15) is 24.2 Å². The van der Waals surface area contributed by atoms with Crippen LogP contribution >= 0.6 is 0 Å². The summed E-state index contributed by atoms with van der Waals surface area (Å²) in [4.78, 5) is 16.9. The monoisotopic (exact) mass is 281 g/mol. The van der Waals surface area contributed by atoms with Crippen molar-refractivity contribution in [2.45, 2.75) is 18.4 Å². The summed E-state index contributed by atoms with van der Waals surface area (Å²) in [7, 11) is 0. The summed E-state index contributed by atoms with van der Waals surface area (Å²) in [6, 6.07) is 12.9. The predicted octanol–water partition coefficient (Wildman–Crippen LogP) is 3.31. The standard InChI is InChI=1S/C17H15NO3/c1-3-13(14-10-7-11-20-14)17(2)16(19)21-15(18-17)12-8-5-4-6-9-12/h3-11,13H,1H2,2H3/t13-,17+/m1/s1. The Morgan fingerprint density at radius 2 is 2.00 bits per heavy atom. The van der Waals surface area contributed by atoms with Crippen LogP contribution in [-0.2, 0) is 9.53 Å². The van der Waals surface area contributed by atoms with E-state index < -0.39 is 11.5 Å². The van der Waals surface area contributed by atoms with E-state index >= 15 is 0 Å². The maximum atomic E-state index is 12.3. The number of hydrogen-bond donors (Lipinski definition) is 0. The van der Waals surface area contributed by atoms with E-state index in [1.54, 1.807) is 31.4 Å². The van der Waals surface area contributed by atoms with E-state index in [-0.39, 0.29) is 5.92 Å². The number of benzene rings is 1. The molecule has 0 radical (unpaired) electrons. The van der Waals surface area contributed by atoms with Crippen molar-refractivity contribution in [3.63, 3.8) is 0 Å². The number of carbonyl (C=O) groups is 1. The third kappa shape index (κ3) is 2.18. The van der Waals surface area contributed by atoms with Gasteiger partial charge in [-0.1, -0.05) is 24.3 Å². The number of cyclic esters (lactones) is 1. The summed E-state index contributed by atoms with van der Waals surface area (Å²) in [5.41, 5.74) is -0.290. The molecule has 4 heteroatoms. The molecule has 21 heavy (non-hydrogen) atoms. The Kier molecular flexibility index (Phi) is 3.22. The van der Waals surface area contributed by atoms with Gasteiger partial charge in [0, 0.05) is 5.56 Å². The minimum atomic E-state index is -1.06. The average Bonchev–Trinajstić information content (AvgIpc) is 3.11. The zero-order valence-corrected chi connectivity index (χ0v) is 11.7. The first kappa shape index (κ1) is 13.4. The summed E-state index contributed by atoms with van der Waals surface area (Å²) < 4.78 is 10.8. The topological polar surface area (TPSA) is 51.8 Å². The molecule has 2 aromatic rings. The number of esters is 1. The van der Waals surface area contributed by atoms with Gasteiger partial charge in [0.2, 0.25) is 5.90 Å². The molecule has 1 aromatic heterocycles. The Balaban J connectivity index is 2.02. The van der Waals surface area contributed by atoms with E-state index in [0.29, 0.717) is 11.7 Å². The van der Waals surface area contributed by atoms with Crippen LogP contribution in [0, 0.1) is 0 Å². The maximum Gasteiger partial charge on any atom is 0.341 e. The fourth-order valence-electron chi connectivity index (χ4n) is 2.46. The molecule has 0 saturated heterocycles. The van der Waals surface area contributed by atoms with Crippen molar-refractivity contribution in [3.8, 4) is 0 Å². The quantitative estimate of drug-likeness (QED) is 0.638. The van der Waals surface area contributed by atoms with Crippen molar-refractivity contribution in [2.24, 2.45) is 4.99 Å². The van der Waals surface area contributed by atoms with Crippen LogP contribution in [0.25, 0.3) is 0 Å². The Labute approximate surface area is 122 Å². The van der Waals surface area contributed by atoms with Crippen LogP contribution in [0.15, 0.2) is 70.8 Å². The van der Waals surface area contributed by atoms with E-state index in [1.807, 2.05) is 30.3 Å². The molecule has 0 fully saturated rings. The molecule has 0 bridgehead atoms. The van der Waals surface area contributed by atoms with Gasteiger partial charge in [0.05, 0.1) is 12.2 Å². The highest BCUT2D eigenvalue weighted by atomic mass is 16.6. The first-order valence-corrected chi connectivity index (χ1v) is 6.68. The normalized spacial score (nSPS) is 22.5. The maximum absolute atomic E-state index is 12.3. The SMILES string of the molecule is C=C[C@H](c1ccco1)[C@]1(C)N=C(c2ccccc2)OC1=O. The number of nitrogens with zero attached hydrogens (tertiary/aromatic N) is 1. The third-order valence-corrected chi connectivity index (χ3v) is 3.65. The Morgan fingerprint density at radius 1 is 1.24 bits per heavy atom. The molecule has 106 valence electrons. The molecule has 0 unspecified atom stereocenters. The first-order chi connectivity index (χ1) is 10.1. The van der Waals surface area contributed by atoms with Crippen LogP contribution in [0.2, 0.25) is 0 Å².